The van der Waals surface area contributed by atoms with E-state index in [0.717, 1.165) is 24.0 Å². The number of nitrogens with one attached hydrogen (secondary N) is 2. The molecule has 0 saturated carbocycles. The third-order valence-electron chi connectivity index (χ3n) is 6.56. The normalized spacial score (nSPS) is 22.3. The minimum atomic E-state index is -0.585. The van der Waals surface area contributed by atoms with E-state index in [0.29, 0.717) is 19.3 Å². The van der Waals surface area contributed by atoms with Crippen molar-refractivity contribution >= 4 is 17.8 Å². The van der Waals surface area contributed by atoms with E-state index in [9.17, 15) is 19.5 Å². The molecule has 1 heterocycles. The summed E-state index contributed by atoms with van der Waals surface area (Å²) in [5.41, 5.74) is 1.91. The van der Waals surface area contributed by atoms with E-state index in [4.69, 9.17) is 4.74 Å². The van der Waals surface area contributed by atoms with Crippen molar-refractivity contribution in [1.82, 2.24) is 10.6 Å². The number of carbonyl (C=O) groups excluding carboxylic acids is 3. The summed E-state index contributed by atoms with van der Waals surface area (Å²) >= 11 is 0. The summed E-state index contributed by atoms with van der Waals surface area (Å²) < 4.78 is 5.79. The van der Waals surface area contributed by atoms with Crippen LogP contribution in [0.1, 0.15) is 56.2 Å². The van der Waals surface area contributed by atoms with Crippen LogP contribution in [-0.4, -0.2) is 42.1 Å². The predicted octanol–water partition coefficient (Wildman–Crippen LogP) is 3.88. The first-order valence-electron chi connectivity index (χ1n) is 13.1. The molecule has 0 radical (unpaired) electrons. The highest BCUT2D eigenvalue weighted by molar-refractivity contribution is 5.86. The first kappa shape index (κ1) is 28.1. The fourth-order valence-electron chi connectivity index (χ4n) is 4.43. The molecule has 3 N–H and O–H groups in total. The van der Waals surface area contributed by atoms with E-state index in [1.807, 2.05) is 72.8 Å². The number of benzene rings is 2. The minimum absolute atomic E-state index is 0.000953. The molecule has 1 aliphatic rings. The van der Waals surface area contributed by atoms with Gasteiger partial charge in [0.15, 0.2) is 0 Å². The van der Waals surface area contributed by atoms with Gasteiger partial charge in [-0.15, -0.1) is 0 Å². The van der Waals surface area contributed by atoms with Gasteiger partial charge < -0.3 is 20.5 Å². The predicted molar refractivity (Wildman–Crippen MR) is 142 cm³/mol. The van der Waals surface area contributed by atoms with Gasteiger partial charge >= 0.3 is 5.97 Å². The summed E-state index contributed by atoms with van der Waals surface area (Å²) in [4.78, 5) is 39.0. The second-order valence-corrected chi connectivity index (χ2v) is 9.68. The van der Waals surface area contributed by atoms with Crippen LogP contribution in [0.3, 0.4) is 0 Å². The average Bonchev–Trinajstić information content (AvgIpc) is 2.91. The van der Waals surface area contributed by atoms with Crippen LogP contribution in [0, 0.1) is 11.8 Å². The number of aliphatic hydroxyl groups excluding tert-OH is 1. The quantitative estimate of drug-likeness (QED) is 0.391. The zero-order chi connectivity index (χ0) is 26.5. The Morgan fingerprint density at radius 3 is 2.46 bits per heavy atom. The molecule has 198 valence electrons. The molecule has 0 aliphatic carbocycles. The SMILES string of the molecule is C[C@@H](CO)NC(=O)C[C@H]1CC=CCCC[C@H](Cc2ccccc2)C(=O)OC[C@@H](c2ccccc2)NC1=O. The van der Waals surface area contributed by atoms with Crippen LogP contribution in [0.5, 0.6) is 0 Å². The fraction of sp³-hybridized carbons (Fsp3) is 0.433. The Hall–Kier alpha value is -3.45. The smallest absolute Gasteiger partial charge is 0.309 e. The molecule has 7 nitrogen and oxygen atoms in total. The average molecular weight is 507 g/mol. The molecule has 2 aromatic carbocycles. The van der Waals surface area contributed by atoms with Crippen LogP contribution in [0.2, 0.25) is 0 Å². The van der Waals surface area contributed by atoms with E-state index in [1.165, 1.54) is 0 Å². The van der Waals surface area contributed by atoms with E-state index in [1.54, 1.807) is 6.92 Å². The monoisotopic (exact) mass is 506 g/mol. The Bertz CT molecular complexity index is 1020. The van der Waals surface area contributed by atoms with Crippen LogP contribution in [-0.2, 0) is 25.5 Å². The van der Waals surface area contributed by atoms with Crippen molar-refractivity contribution in [3.8, 4) is 0 Å². The number of hydrogen-bond donors (Lipinski definition) is 3. The van der Waals surface area contributed by atoms with Gasteiger partial charge in [0.1, 0.15) is 6.61 Å². The number of esters is 1. The van der Waals surface area contributed by atoms with E-state index in [-0.39, 0.29) is 49.4 Å². The number of aliphatic hydroxyl groups is 1. The van der Waals surface area contributed by atoms with Crippen molar-refractivity contribution in [2.75, 3.05) is 13.2 Å². The highest BCUT2D eigenvalue weighted by Crippen LogP contribution is 2.22. The van der Waals surface area contributed by atoms with Crippen molar-refractivity contribution in [3.63, 3.8) is 0 Å². The zero-order valence-corrected chi connectivity index (χ0v) is 21.5. The third kappa shape index (κ3) is 9.50. The number of allylic oxidation sites excluding steroid dienone is 2. The topological polar surface area (TPSA) is 105 Å². The maximum Gasteiger partial charge on any atom is 0.309 e. The van der Waals surface area contributed by atoms with Gasteiger partial charge in [-0.05, 0) is 50.2 Å². The van der Waals surface area contributed by atoms with Gasteiger partial charge in [0.25, 0.3) is 0 Å². The molecule has 0 fully saturated rings. The number of hydrogen-bond acceptors (Lipinski definition) is 5. The molecular weight excluding hydrogens is 468 g/mol. The van der Waals surface area contributed by atoms with Gasteiger partial charge in [0.2, 0.25) is 11.8 Å². The summed E-state index contributed by atoms with van der Waals surface area (Å²) in [6, 6.07) is 18.4. The Balaban J connectivity index is 1.79. The maximum atomic E-state index is 13.3. The van der Waals surface area contributed by atoms with Crippen molar-refractivity contribution in [3.05, 3.63) is 83.9 Å². The van der Waals surface area contributed by atoms with Crippen molar-refractivity contribution in [1.29, 1.82) is 0 Å². The lowest BCUT2D eigenvalue weighted by Gasteiger charge is -2.24. The number of cyclic esters (lactones) is 1. The molecule has 4 atom stereocenters. The summed E-state index contributed by atoms with van der Waals surface area (Å²) in [5, 5.41) is 15.0. The Morgan fingerprint density at radius 1 is 1.05 bits per heavy atom. The molecule has 1 aliphatic heterocycles. The van der Waals surface area contributed by atoms with Gasteiger partial charge in [-0.3, -0.25) is 14.4 Å². The van der Waals surface area contributed by atoms with Crippen LogP contribution in [0.4, 0.5) is 0 Å². The fourth-order valence-corrected chi connectivity index (χ4v) is 4.43. The lowest BCUT2D eigenvalue weighted by Crippen LogP contribution is -2.41. The number of rotatable bonds is 7. The Kier molecular flexibility index (Phi) is 11.4. The lowest BCUT2D eigenvalue weighted by molar-refractivity contribution is -0.150. The molecular formula is C30H38N2O5. The standard InChI is InChI=1S/C30H38N2O5/c1-22(20-33)31-28(34)19-25-16-8-2-3-9-17-26(18-23-12-6-4-7-13-23)30(36)37-21-27(32-29(25)35)24-14-10-5-11-15-24/h2,4-8,10-15,22,25-27,33H,3,9,16-21H2,1H3,(H,31,34)(H,32,35)/t22-,25+,26+,27-/m0/s1. The van der Waals surface area contributed by atoms with Gasteiger partial charge in [-0.2, -0.15) is 0 Å². The van der Waals surface area contributed by atoms with Crippen molar-refractivity contribution in [2.24, 2.45) is 11.8 Å². The highest BCUT2D eigenvalue weighted by Gasteiger charge is 2.27. The molecule has 7 heteroatoms. The molecule has 3 rings (SSSR count). The van der Waals surface area contributed by atoms with Crippen molar-refractivity contribution < 1.29 is 24.2 Å². The number of amides is 2. The van der Waals surface area contributed by atoms with E-state index >= 15 is 0 Å². The van der Waals surface area contributed by atoms with Gasteiger partial charge in [-0.25, -0.2) is 0 Å². The molecule has 0 aromatic heterocycles. The molecule has 0 spiro atoms. The molecule has 2 amide bonds. The molecule has 0 unspecified atom stereocenters. The largest absolute Gasteiger partial charge is 0.463 e. The van der Waals surface area contributed by atoms with Crippen LogP contribution in [0.15, 0.2) is 72.8 Å². The van der Waals surface area contributed by atoms with Gasteiger partial charge in [-0.1, -0.05) is 72.8 Å². The number of ether oxygens (including phenoxy) is 1. The summed E-state index contributed by atoms with van der Waals surface area (Å²) in [6.07, 6.45) is 7.27. The molecule has 0 bridgehead atoms. The van der Waals surface area contributed by atoms with Crippen LogP contribution in [0.25, 0.3) is 0 Å². The highest BCUT2D eigenvalue weighted by atomic mass is 16.5. The Labute approximate surface area is 219 Å². The first-order chi connectivity index (χ1) is 18.0. The molecule has 0 saturated heterocycles. The van der Waals surface area contributed by atoms with Crippen LogP contribution < -0.4 is 10.6 Å². The first-order valence-corrected chi connectivity index (χ1v) is 13.1. The van der Waals surface area contributed by atoms with Gasteiger partial charge in [0, 0.05) is 12.5 Å². The maximum absolute atomic E-state index is 13.3. The van der Waals surface area contributed by atoms with E-state index < -0.39 is 12.0 Å². The summed E-state index contributed by atoms with van der Waals surface area (Å²) in [7, 11) is 0. The van der Waals surface area contributed by atoms with Gasteiger partial charge in [0.05, 0.1) is 24.5 Å². The minimum Gasteiger partial charge on any atom is -0.463 e. The lowest BCUT2D eigenvalue weighted by atomic mass is 9.93. The number of carbonyl (C=O) groups is 3. The summed E-state index contributed by atoms with van der Waals surface area (Å²) in [5.74, 6) is -1.69. The summed E-state index contributed by atoms with van der Waals surface area (Å²) in [6.45, 7) is 1.54. The third-order valence-corrected chi connectivity index (χ3v) is 6.56. The molecule has 37 heavy (non-hydrogen) atoms. The zero-order valence-electron chi connectivity index (χ0n) is 21.5. The molecule has 2 aromatic rings. The Morgan fingerprint density at radius 2 is 1.76 bits per heavy atom. The van der Waals surface area contributed by atoms with Crippen molar-refractivity contribution in [2.45, 2.75) is 57.5 Å². The second kappa shape index (κ2) is 15.0. The second-order valence-electron chi connectivity index (χ2n) is 9.68. The van der Waals surface area contributed by atoms with Crippen LogP contribution >= 0.6 is 0 Å². The van der Waals surface area contributed by atoms with E-state index in [2.05, 4.69) is 10.6 Å².